The molecule has 0 saturated heterocycles. The van der Waals surface area contributed by atoms with E-state index < -0.39 is 17.4 Å². The van der Waals surface area contributed by atoms with Crippen molar-refractivity contribution in [3.63, 3.8) is 0 Å². The van der Waals surface area contributed by atoms with Crippen LogP contribution in [0.2, 0.25) is 5.02 Å². The summed E-state index contributed by atoms with van der Waals surface area (Å²) >= 11 is 6.40. The molecule has 5 nitrogen and oxygen atoms in total. The fourth-order valence-electron chi connectivity index (χ4n) is 3.57. The standard InChI is InChI=1S/C23H19ClFNO4/c24-19-12-18(21(27)26-23(22(28)29)10-3-11-23)20(17-5-2-1-4-16(17)19)30-13-14-6-8-15(25)9-7-14/h1-2,4-9,12H,3,10-11,13H2,(H,26,27)(H,28,29). The molecule has 0 heterocycles. The van der Waals surface area contributed by atoms with Gasteiger partial charge in [-0.1, -0.05) is 48.0 Å². The van der Waals surface area contributed by atoms with E-state index in [1.54, 1.807) is 24.3 Å². The fraction of sp³-hybridized carbons (Fsp3) is 0.217. The van der Waals surface area contributed by atoms with Gasteiger partial charge in [0.2, 0.25) is 0 Å². The summed E-state index contributed by atoms with van der Waals surface area (Å²) in [4.78, 5) is 24.7. The number of carbonyl (C=O) groups is 2. The van der Waals surface area contributed by atoms with Crippen LogP contribution in [0.3, 0.4) is 0 Å². The number of carboxylic acid groups (broad SMARTS) is 1. The third-order valence-electron chi connectivity index (χ3n) is 5.46. The number of hydrogen-bond acceptors (Lipinski definition) is 3. The van der Waals surface area contributed by atoms with Crippen molar-refractivity contribution < 1.29 is 23.8 Å². The number of ether oxygens (including phenoxy) is 1. The highest BCUT2D eigenvalue weighted by Crippen LogP contribution is 2.37. The molecule has 1 saturated carbocycles. The van der Waals surface area contributed by atoms with E-state index in [0.29, 0.717) is 34.4 Å². The number of aliphatic carboxylic acids is 1. The first kappa shape index (κ1) is 20.2. The van der Waals surface area contributed by atoms with Crippen LogP contribution in [0.4, 0.5) is 4.39 Å². The largest absolute Gasteiger partial charge is 0.487 e. The lowest BCUT2D eigenvalue weighted by atomic mass is 9.76. The van der Waals surface area contributed by atoms with E-state index in [4.69, 9.17) is 16.3 Å². The Morgan fingerprint density at radius 2 is 1.77 bits per heavy atom. The maximum absolute atomic E-state index is 13.2. The summed E-state index contributed by atoms with van der Waals surface area (Å²) in [5.41, 5.74) is -0.375. The van der Waals surface area contributed by atoms with Crippen LogP contribution in [0.5, 0.6) is 5.75 Å². The Morgan fingerprint density at radius 1 is 1.10 bits per heavy atom. The number of benzene rings is 3. The monoisotopic (exact) mass is 427 g/mol. The molecule has 0 radical (unpaired) electrons. The molecule has 0 aromatic heterocycles. The van der Waals surface area contributed by atoms with E-state index in [0.717, 1.165) is 12.0 Å². The number of rotatable bonds is 6. The Bertz CT molecular complexity index is 1130. The highest BCUT2D eigenvalue weighted by atomic mass is 35.5. The summed E-state index contributed by atoms with van der Waals surface area (Å²) in [6, 6.07) is 14.6. The van der Waals surface area contributed by atoms with E-state index in [1.165, 1.54) is 18.2 Å². The molecule has 1 aliphatic carbocycles. The molecule has 0 aliphatic heterocycles. The molecule has 1 aliphatic rings. The van der Waals surface area contributed by atoms with Crippen LogP contribution in [0.15, 0.2) is 54.6 Å². The predicted molar refractivity (Wildman–Crippen MR) is 111 cm³/mol. The number of halogens is 2. The first-order valence-corrected chi connectivity index (χ1v) is 9.92. The first-order valence-electron chi connectivity index (χ1n) is 9.54. The zero-order valence-corrected chi connectivity index (χ0v) is 16.7. The SMILES string of the molecule is O=C(NC1(C(=O)O)CCC1)c1cc(Cl)c2ccccc2c1OCc1ccc(F)cc1. The van der Waals surface area contributed by atoms with Gasteiger partial charge in [-0.05, 0) is 43.0 Å². The highest BCUT2D eigenvalue weighted by molar-refractivity contribution is 6.36. The third-order valence-corrected chi connectivity index (χ3v) is 5.77. The van der Waals surface area contributed by atoms with Gasteiger partial charge in [0, 0.05) is 15.8 Å². The molecule has 0 unspecified atom stereocenters. The highest BCUT2D eigenvalue weighted by Gasteiger charge is 2.46. The summed E-state index contributed by atoms with van der Waals surface area (Å²) in [7, 11) is 0. The van der Waals surface area contributed by atoms with Gasteiger partial charge >= 0.3 is 5.97 Å². The second kappa shape index (κ2) is 7.95. The normalized spacial score (nSPS) is 14.7. The summed E-state index contributed by atoms with van der Waals surface area (Å²) in [6.45, 7) is 0.107. The van der Waals surface area contributed by atoms with Crippen LogP contribution in [0.1, 0.15) is 35.2 Å². The predicted octanol–water partition coefficient (Wildman–Crippen LogP) is 4.95. The molecule has 3 aromatic rings. The van der Waals surface area contributed by atoms with E-state index in [-0.39, 0.29) is 18.0 Å². The van der Waals surface area contributed by atoms with E-state index in [2.05, 4.69) is 5.32 Å². The van der Waals surface area contributed by atoms with Crippen LogP contribution in [0, 0.1) is 5.82 Å². The Kier molecular flexibility index (Phi) is 5.35. The molecular weight excluding hydrogens is 409 g/mol. The average Bonchev–Trinajstić information content (AvgIpc) is 2.70. The van der Waals surface area contributed by atoms with Crippen molar-refractivity contribution in [2.75, 3.05) is 0 Å². The van der Waals surface area contributed by atoms with Gasteiger partial charge in [-0.2, -0.15) is 0 Å². The molecule has 2 N–H and O–H groups in total. The second-order valence-corrected chi connectivity index (χ2v) is 7.80. The molecule has 7 heteroatoms. The lowest BCUT2D eigenvalue weighted by Crippen LogP contribution is -2.59. The summed E-state index contributed by atoms with van der Waals surface area (Å²) in [6.07, 6.45) is 1.49. The van der Waals surface area contributed by atoms with Gasteiger partial charge in [-0.3, -0.25) is 4.79 Å². The van der Waals surface area contributed by atoms with E-state index in [9.17, 15) is 19.1 Å². The molecule has 154 valence electrons. The number of amides is 1. The quantitative estimate of drug-likeness (QED) is 0.583. The van der Waals surface area contributed by atoms with Crippen LogP contribution in [-0.2, 0) is 11.4 Å². The zero-order chi connectivity index (χ0) is 21.3. The molecule has 1 fully saturated rings. The van der Waals surface area contributed by atoms with Crippen LogP contribution >= 0.6 is 11.6 Å². The smallest absolute Gasteiger partial charge is 0.329 e. The van der Waals surface area contributed by atoms with Crippen molar-refractivity contribution in [3.05, 3.63) is 76.6 Å². The number of nitrogens with one attached hydrogen (secondary N) is 1. The van der Waals surface area contributed by atoms with Gasteiger partial charge < -0.3 is 15.2 Å². The van der Waals surface area contributed by atoms with Crippen molar-refractivity contribution in [1.82, 2.24) is 5.32 Å². The number of carbonyl (C=O) groups excluding carboxylic acids is 1. The molecule has 1 amide bonds. The van der Waals surface area contributed by atoms with Crippen LogP contribution < -0.4 is 10.1 Å². The summed E-state index contributed by atoms with van der Waals surface area (Å²) in [5.74, 6) is -1.66. The van der Waals surface area contributed by atoms with Crippen molar-refractivity contribution in [2.24, 2.45) is 0 Å². The molecule has 0 bridgehead atoms. The lowest BCUT2D eigenvalue weighted by molar-refractivity contribution is -0.148. The maximum Gasteiger partial charge on any atom is 0.329 e. The van der Waals surface area contributed by atoms with Crippen LogP contribution in [0.25, 0.3) is 10.8 Å². The van der Waals surface area contributed by atoms with Gasteiger partial charge in [-0.15, -0.1) is 0 Å². The van der Waals surface area contributed by atoms with Crippen molar-refractivity contribution >= 4 is 34.2 Å². The van der Waals surface area contributed by atoms with Gasteiger partial charge in [0.05, 0.1) is 5.56 Å². The topological polar surface area (TPSA) is 75.6 Å². The third kappa shape index (κ3) is 3.71. The van der Waals surface area contributed by atoms with Crippen molar-refractivity contribution in [2.45, 2.75) is 31.4 Å². The molecule has 0 atom stereocenters. The number of fused-ring (bicyclic) bond motifs is 1. The maximum atomic E-state index is 13.2. The lowest BCUT2D eigenvalue weighted by Gasteiger charge is -2.38. The Morgan fingerprint density at radius 3 is 2.37 bits per heavy atom. The molecule has 3 aromatic carbocycles. The molecule has 4 rings (SSSR count). The van der Waals surface area contributed by atoms with E-state index >= 15 is 0 Å². The minimum atomic E-state index is -1.26. The van der Waals surface area contributed by atoms with Gasteiger partial charge in [0.1, 0.15) is 23.7 Å². The molecule has 0 spiro atoms. The van der Waals surface area contributed by atoms with Gasteiger partial charge in [0.15, 0.2) is 0 Å². The van der Waals surface area contributed by atoms with Gasteiger partial charge in [-0.25, -0.2) is 9.18 Å². The minimum Gasteiger partial charge on any atom is -0.487 e. The second-order valence-electron chi connectivity index (χ2n) is 7.39. The summed E-state index contributed by atoms with van der Waals surface area (Å²) < 4.78 is 19.2. The first-order chi connectivity index (χ1) is 14.4. The number of carboxylic acids is 1. The fourth-order valence-corrected chi connectivity index (χ4v) is 3.85. The van der Waals surface area contributed by atoms with Crippen molar-refractivity contribution in [3.8, 4) is 5.75 Å². The summed E-state index contributed by atoms with van der Waals surface area (Å²) in [5, 5.41) is 13.9. The molecule has 30 heavy (non-hydrogen) atoms. The minimum absolute atomic E-state index is 0.107. The Labute approximate surface area is 177 Å². The van der Waals surface area contributed by atoms with E-state index in [1.807, 2.05) is 12.1 Å². The van der Waals surface area contributed by atoms with Crippen molar-refractivity contribution in [1.29, 1.82) is 0 Å². The Hall–Kier alpha value is -3.12. The number of hydrogen-bond donors (Lipinski definition) is 2. The van der Waals surface area contributed by atoms with Crippen LogP contribution in [-0.4, -0.2) is 22.5 Å². The Balaban J connectivity index is 1.72. The zero-order valence-electron chi connectivity index (χ0n) is 16.0. The average molecular weight is 428 g/mol. The molecular formula is C23H19ClFNO4. The van der Waals surface area contributed by atoms with Gasteiger partial charge in [0.25, 0.3) is 5.91 Å².